The molecule has 0 aliphatic rings. The van der Waals surface area contributed by atoms with Gasteiger partial charge in [0.25, 0.3) is 5.69 Å². The van der Waals surface area contributed by atoms with Crippen LogP contribution in [0.2, 0.25) is 5.02 Å². The Morgan fingerprint density at radius 3 is 2.60 bits per heavy atom. The second-order valence-corrected chi connectivity index (χ2v) is 4.13. The van der Waals surface area contributed by atoms with Crippen molar-refractivity contribution in [1.29, 1.82) is 5.26 Å². The molecule has 2 rings (SSSR count). The maximum atomic E-state index is 13.4. The first-order valence-corrected chi connectivity index (χ1v) is 5.70. The summed E-state index contributed by atoms with van der Waals surface area (Å²) in [5.74, 6) is -0.429. The van der Waals surface area contributed by atoms with Crippen LogP contribution in [0.3, 0.4) is 0 Å². The first-order chi connectivity index (χ1) is 9.51. The molecule has 0 aliphatic carbocycles. The van der Waals surface area contributed by atoms with Gasteiger partial charge in [-0.3, -0.25) is 10.1 Å². The van der Waals surface area contributed by atoms with Gasteiger partial charge in [-0.25, -0.2) is 4.39 Å². The minimum atomic E-state index is -0.719. The van der Waals surface area contributed by atoms with Crippen LogP contribution in [0, 0.1) is 27.3 Å². The summed E-state index contributed by atoms with van der Waals surface area (Å²) in [6.07, 6.45) is 0. The van der Waals surface area contributed by atoms with Gasteiger partial charge in [-0.1, -0.05) is 11.6 Å². The Balaban J connectivity index is 2.29. The standard InChI is InChI=1S/C13H6ClFN2O3/c14-11-5-9(17(18)19)2-4-13(11)20-10-3-1-8(7-16)12(15)6-10/h1-6H. The number of nitriles is 1. The minimum Gasteiger partial charge on any atom is -0.456 e. The molecule has 0 fully saturated rings. The van der Waals surface area contributed by atoms with Gasteiger partial charge >= 0.3 is 0 Å². The SMILES string of the molecule is N#Cc1ccc(Oc2ccc([N+](=O)[O-])cc2Cl)cc1F. The second kappa shape index (κ2) is 5.55. The number of benzene rings is 2. The third-order valence-electron chi connectivity index (χ3n) is 2.42. The van der Waals surface area contributed by atoms with Crippen molar-refractivity contribution in [1.82, 2.24) is 0 Å². The molecule has 2 aromatic carbocycles. The lowest BCUT2D eigenvalue weighted by molar-refractivity contribution is -0.384. The van der Waals surface area contributed by atoms with Gasteiger partial charge in [-0.15, -0.1) is 0 Å². The molecule has 7 heteroatoms. The van der Waals surface area contributed by atoms with Crippen LogP contribution in [0.25, 0.3) is 0 Å². The number of rotatable bonds is 3. The van der Waals surface area contributed by atoms with Crippen LogP contribution in [-0.2, 0) is 0 Å². The fourth-order valence-corrected chi connectivity index (χ4v) is 1.68. The normalized spacial score (nSPS) is 9.85. The third-order valence-corrected chi connectivity index (χ3v) is 2.71. The summed E-state index contributed by atoms with van der Waals surface area (Å²) >= 11 is 5.85. The van der Waals surface area contributed by atoms with Gasteiger partial charge in [-0.2, -0.15) is 5.26 Å². The largest absolute Gasteiger partial charge is 0.456 e. The first-order valence-electron chi connectivity index (χ1n) is 5.32. The van der Waals surface area contributed by atoms with Gasteiger partial charge in [-0.05, 0) is 18.2 Å². The van der Waals surface area contributed by atoms with Crippen LogP contribution in [0.4, 0.5) is 10.1 Å². The lowest BCUT2D eigenvalue weighted by Gasteiger charge is -2.07. The van der Waals surface area contributed by atoms with Gasteiger partial charge in [0.1, 0.15) is 23.4 Å². The fourth-order valence-electron chi connectivity index (χ4n) is 1.46. The van der Waals surface area contributed by atoms with Crippen molar-refractivity contribution >= 4 is 17.3 Å². The smallest absolute Gasteiger partial charge is 0.271 e. The molecule has 2 aromatic rings. The average Bonchev–Trinajstić information content (AvgIpc) is 2.41. The molecular formula is C13H6ClFN2O3. The van der Waals surface area contributed by atoms with Crippen molar-refractivity contribution in [3.63, 3.8) is 0 Å². The molecule has 0 atom stereocenters. The zero-order valence-corrected chi connectivity index (χ0v) is 10.6. The van der Waals surface area contributed by atoms with E-state index in [9.17, 15) is 14.5 Å². The molecule has 0 aromatic heterocycles. The van der Waals surface area contributed by atoms with Crippen LogP contribution in [0.15, 0.2) is 36.4 Å². The number of nitro groups is 1. The van der Waals surface area contributed by atoms with Crippen molar-refractivity contribution in [2.24, 2.45) is 0 Å². The molecule has 0 heterocycles. The summed E-state index contributed by atoms with van der Waals surface area (Å²) in [4.78, 5) is 9.98. The van der Waals surface area contributed by atoms with Crippen molar-refractivity contribution in [2.45, 2.75) is 0 Å². The fraction of sp³-hybridized carbons (Fsp3) is 0. The van der Waals surface area contributed by atoms with Crippen molar-refractivity contribution < 1.29 is 14.1 Å². The Morgan fingerprint density at radius 2 is 2.05 bits per heavy atom. The summed E-state index contributed by atoms with van der Waals surface area (Å²) in [5.41, 5.74) is -0.277. The predicted molar refractivity (Wildman–Crippen MR) is 69.3 cm³/mol. The third kappa shape index (κ3) is 2.84. The Labute approximate surface area is 117 Å². The van der Waals surface area contributed by atoms with Gasteiger partial charge in [0.05, 0.1) is 15.5 Å². The lowest BCUT2D eigenvalue weighted by atomic mass is 10.2. The molecule has 5 nitrogen and oxygen atoms in total. The van der Waals surface area contributed by atoms with Gasteiger partial charge in [0.15, 0.2) is 0 Å². The van der Waals surface area contributed by atoms with E-state index in [0.717, 1.165) is 12.1 Å². The molecule has 0 unspecified atom stereocenters. The van der Waals surface area contributed by atoms with E-state index in [2.05, 4.69) is 0 Å². The van der Waals surface area contributed by atoms with Crippen LogP contribution >= 0.6 is 11.6 Å². The minimum absolute atomic E-state index is 0.0315. The monoisotopic (exact) mass is 292 g/mol. The Kier molecular flexibility index (Phi) is 3.82. The number of halogens is 2. The Morgan fingerprint density at radius 1 is 1.30 bits per heavy atom. The maximum absolute atomic E-state index is 13.4. The van der Waals surface area contributed by atoms with Crippen molar-refractivity contribution in [2.75, 3.05) is 0 Å². The molecule has 20 heavy (non-hydrogen) atoms. The zero-order chi connectivity index (χ0) is 14.7. The quantitative estimate of drug-likeness (QED) is 0.631. The van der Waals surface area contributed by atoms with E-state index < -0.39 is 10.7 Å². The molecule has 100 valence electrons. The zero-order valence-electron chi connectivity index (χ0n) is 9.84. The first kappa shape index (κ1) is 13.8. The highest BCUT2D eigenvalue weighted by atomic mass is 35.5. The molecule has 0 N–H and O–H groups in total. The van der Waals surface area contributed by atoms with Crippen LogP contribution in [0.5, 0.6) is 11.5 Å². The van der Waals surface area contributed by atoms with Gasteiger partial charge in [0, 0.05) is 18.2 Å². The number of hydrogen-bond donors (Lipinski definition) is 0. The maximum Gasteiger partial charge on any atom is 0.271 e. The summed E-state index contributed by atoms with van der Waals surface area (Å²) in [6.45, 7) is 0. The molecule has 0 spiro atoms. The molecule has 0 bridgehead atoms. The van der Waals surface area contributed by atoms with Crippen molar-refractivity contribution in [3.8, 4) is 17.6 Å². The number of hydrogen-bond acceptors (Lipinski definition) is 4. The van der Waals surface area contributed by atoms with E-state index in [-0.39, 0.29) is 27.8 Å². The van der Waals surface area contributed by atoms with E-state index in [1.165, 1.54) is 24.3 Å². The highest BCUT2D eigenvalue weighted by Crippen LogP contribution is 2.32. The van der Waals surface area contributed by atoms with Crippen LogP contribution in [-0.4, -0.2) is 4.92 Å². The predicted octanol–water partition coefficient (Wildman–Crippen LogP) is 4.05. The molecule has 0 amide bonds. The molecule has 0 saturated heterocycles. The number of non-ortho nitro benzene ring substituents is 1. The summed E-state index contributed by atoms with van der Waals surface area (Å²) in [7, 11) is 0. The number of ether oxygens (including phenoxy) is 1. The summed E-state index contributed by atoms with van der Waals surface area (Å²) < 4.78 is 18.7. The molecule has 0 saturated carbocycles. The van der Waals surface area contributed by atoms with E-state index in [1.54, 1.807) is 6.07 Å². The lowest BCUT2D eigenvalue weighted by Crippen LogP contribution is -1.91. The van der Waals surface area contributed by atoms with E-state index in [0.29, 0.717) is 0 Å². The van der Waals surface area contributed by atoms with Crippen LogP contribution in [0.1, 0.15) is 5.56 Å². The van der Waals surface area contributed by atoms with E-state index >= 15 is 0 Å². The Hall–Kier alpha value is -2.65. The average molecular weight is 293 g/mol. The van der Waals surface area contributed by atoms with Gasteiger partial charge in [0.2, 0.25) is 0 Å². The molecule has 0 aliphatic heterocycles. The highest BCUT2D eigenvalue weighted by molar-refractivity contribution is 6.32. The van der Waals surface area contributed by atoms with Crippen molar-refractivity contribution in [3.05, 3.63) is 62.9 Å². The summed E-state index contributed by atoms with van der Waals surface area (Å²) in [5, 5.41) is 19.2. The topological polar surface area (TPSA) is 76.2 Å². The number of nitrogens with zero attached hydrogens (tertiary/aromatic N) is 2. The summed E-state index contributed by atoms with van der Waals surface area (Å²) in [6, 6.07) is 9.07. The highest BCUT2D eigenvalue weighted by Gasteiger charge is 2.11. The second-order valence-electron chi connectivity index (χ2n) is 3.73. The number of nitro benzene ring substituents is 1. The van der Waals surface area contributed by atoms with Gasteiger partial charge < -0.3 is 4.74 Å². The van der Waals surface area contributed by atoms with E-state index in [1.807, 2.05) is 0 Å². The van der Waals surface area contributed by atoms with Crippen LogP contribution < -0.4 is 4.74 Å². The molecular weight excluding hydrogens is 287 g/mol. The van der Waals surface area contributed by atoms with E-state index in [4.69, 9.17) is 21.6 Å². The Bertz CT molecular complexity index is 728. The molecule has 0 radical (unpaired) electrons.